The number of imidazole rings is 1. The van der Waals surface area contributed by atoms with Crippen LogP contribution < -0.4 is 9.62 Å². The molecular formula is C19H21F2N7O3S. The lowest BCUT2D eigenvalue weighted by molar-refractivity contribution is 0.0409. The van der Waals surface area contributed by atoms with Crippen molar-refractivity contribution in [2.45, 2.75) is 30.6 Å². The smallest absolute Gasteiger partial charge is 0.282 e. The highest BCUT2D eigenvalue weighted by molar-refractivity contribution is 7.90. The van der Waals surface area contributed by atoms with E-state index < -0.39 is 21.7 Å². The summed E-state index contributed by atoms with van der Waals surface area (Å²) in [5.41, 5.74) is 1.02. The number of nitrogens with one attached hydrogen (secondary N) is 1. The maximum Gasteiger partial charge on any atom is 0.282 e. The van der Waals surface area contributed by atoms with Gasteiger partial charge in [-0.05, 0) is 25.0 Å². The Kier molecular flexibility index (Phi) is 5.47. The fourth-order valence-corrected chi connectivity index (χ4v) is 5.24. The summed E-state index contributed by atoms with van der Waals surface area (Å²) < 4.78 is 60.2. The quantitative estimate of drug-likeness (QED) is 0.581. The largest absolute Gasteiger partial charge is 0.378 e. The van der Waals surface area contributed by atoms with E-state index in [-0.39, 0.29) is 24.9 Å². The zero-order chi connectivity index (χ0) is 22.3. The number of ether oxygens (including phenoxy) is 1. The van der Waals surface area contributed by atoms with Crippen LogP contribution in [0.25, 0.3) is 17.0 Å². The molecule has 2 aliphatic rings. The van der Waals surface area contributed by atoms with Crippen LogP contribution in [0.15, 0.2) is 30.7 Å². The highest BCUT2D eigenvalue weighted by Gasteiger charge is 2.35. The minimum atomic E-state index is -3.42. The number of halogens is 2. The third-order valence-corrected chi connectivity index (χ3v) is 7.46. The van der Waals surface area contributed by atoms with Crippen LogP contribution in [0.4, 0.5) is 14.6 Å². The number of sulfonamides is 1. The summed E-state index contributed by atoms with van der Waals surface area (Å²) in [7, 11) is -3.42. The fraction of sp³-hybridized carbons (Fsp3) is 0.474. The molecule has 3 aromatic heterocycles. The van der Waals surface area contributed by atoms with Gasteiger partial charge in [0.25, 0.3) is 6.43 Å². The first kappa shape index (κ1) is 21.1. The normalized spacial score (nSPS) is 20.1. The Balaban J connectivity index is 1.38. The van der Waals surface area contributed by atoms with Gasteiger partial charge in [0.2, 0.25) is 10.0 Å². The summed E-state index contributed by atoms with van der Waals surface area (Å²) in [6.07, 6.45) is 1.74. The van der Waals surface area contributed by atoms with Gasteiger partial charge in [0.1, 0.15) is 28.8 Å². The van der Waals surface area contributed by atoms with Crippen molar-refractivity contribution in [1.29, 1.82) is 0 Å². The molecule has 0 bridgehead atoms. The zero-order valence-electron chi connectivity index (χ0n) is 16.9. The molecule has 170 valence electrons. The number of fused-ring (bicyclic) bond motifs is 1. The first-order valence-corrected chi connectivity index (χ1v) is 11.7. The van der Waals surface area contributed by atoms with Crippen LogP contribution in [-0.4, -0.2) is 70.6 Å². The van der Waals surface area contributed by atoms with Crippen molar-refractivity contribution < 1.29 is 21.9 Å². The second-order valence-corrected chi connectivity index (χ2v) is 9.83. The van der Waals surface area contributed by atoms with Crippen molar-refractivity contribution >= 4 is 21.5 Å². The number of rotatable bonds is 6. The van der Waals surface area contributed by atoms with E-state index in [1.165, 1.54) is 29.2 Å². The molecule has 10 nitrogen and oxygen atoms in total. The van der Waals surface area contributed by atoms with Crippen LogP contribution in [0.5, 0.6) is 0 Å². The predicted molar refractivity (Wildman–Crippen MR) is 111 cm³/mol. The van der Waals surface area contributed by atoms with Crippen LogP contribution in [0, 0.1) is 0 Å². The highest BCUT2D eigenvalue weighted by atomic mass is 32.2. The molecule has 5 heterocycles. The van der Waals surface area contributed by atoms with Gasteiger partial charge in [-0.3, -0.25) is 0 Å². The van der Waals surface area contributed by atoms with Crippen molar-refractivity contribution in [3.8, 4) is 11.4 Å². The first-order chi connectivity index (χ1) is 15.4. The molecule has 0 aliphatic carbocycles. The van der Waals surface area contributed by atoms with Crippen molar-refractivity contribution in [1.82, 2.24) is 29.3 Å². The lowest BCUT2D eigenvalue weighted by atomic mass is 10.1. The van der Waals surface area contributed by atoms with Crippen molar-refractivity contribution in [2.24, 2.45) is 0 Å². The van der Waals surface area contributed by atoms with Gasteiger partial charge in [-0.25, -0.2) is 41.4 Å². The average molecular weight is 465 g/mol. The maximum absolute atomic E-state index is 13.1. The van der Waals surface area contributed by atoms with Crippen LogP contribution in [0.3, 0.4) is 0 Å². The van der Waals surface area contributed by atoms with E-state index in [4.69, 9.17) is 4.74 Å². The molecule has 0 spiro atoms. The molecular weight excluding hydrogens is 444 g/mol. The summed E-state index contributed by atoms with van der Waals surface area (Å²) in [5, 5.41) is 3.48. The zero-order valence-corrected chi connectivity index (χ0v) is 17.8. The lowest BCUT2D eigenvalue weighted by Crippen LogP contribution is -2.54. The van der Waals surface area contributed by atoms with Gasteiger partial charge in [0.05, 0.1) is 25.1 Å². The molecule has 13 heteroatoms. The summed E-state index contributed by atoms with van der Waals surface area (Å²) in [4.78, 5) is 14.8. The molecule has 1 unspecified atom stereocenters. The lowest BCUT2D eigenvalue weighted by Gasteiger charge is -2.35. The molecule has 2 fully saturated rings. The van der Waals surface area contributed by atoms with Gasteiger partial charge in [-0.1, -0.05) is 0 Å². The summed E-state index contributed by atoms with van der Waals surface area (Å²) >= 11 is 0. The maximum atomic E-state index is 13.1. The Labute approximate surface area is 182 Å². The number of hydrogen-bond acceptors (Lipinski definition) is 8. The van der Waals surface area contributed by atoms with E-state index in [1.807, 2.05) is 4.90 Å². The second kappa shape index (κ2) is 8.30. The Morgan fingerprint density at radius 3 is 2.78 bits per heavy atom. The first-order valence-electron chi connectivity index (χ1n) is 10.2. The van der Waals surface area contributed by atoms with Gasteiger partial charge in [-0.2, -0.15) is 5.10 Å². The molecule has 0 aromatic carbocycles. The number of anilines is 1. The number of piperidine rings is 1. The molecule has 0 radical (unpaired) electrons. The Bertz CT molecular complexity index is 1230. The van der Waals surface area contributed by atoms with E-state index in [0.717, 1.165) is 12.8 Å². The molecule has 2 aliphatic heterocycles. The van der Waals surface area contributed by atoms with E-state index >= 15 is 0 Å². The van der Waals surface area contributed by atoms with E-state index in [2.05, 4.69) is 24.8 Å². The third-order valence-electron chi connectivity index (χ3n) is 5.64. The topological polar surface area (TPSA) is 115 Å². The SMILES string of the molecule is O=S(=O)(NC1CCCN(c2cc(-c3cnc4ccc(C(F)F)nn34)ncn2)C1)C1COC1. The van der Waals surface area contributed by atoms with Crippen molar-refractivity contribution in [2.75, 3.05) is 31.2 Å². The summed E-state index contributed by atoms with van der Waals surface area (Å²) in [5.74, 6) is 0.617. The Hall–Kier alpha value is -2.77. The molecule has 1 atom stereocenters. The molecule has 0 amide bonds. The molecule has 32 heavy (non-hydrogen) atoms. The van der Waals surface area contributed by atoms with Gasteiger partial charge in [-0.15, -0.1) is 0 Å². The van der Waals surface area contributed by atoms with E-state index in [1.54, 1.807) is 6.07 Å². The Morgan fingerprint density at radius 2 is 2.03 bits per heavy atom. The molecule has 5 rings (SSSR count). The van der Waals surface area contributed by atoms with E-state index in [0.29, 0.717) is 35.9 Å². The number of aromatic nitrogens is 5. The van der Waals surface area contributed by atoms with Gasteiger partial charge < -0.3 is 9.64 Å². The number of nitrogens with zero attached hydrogens (tertiary/aromatic N) is 6. The molecule has 1 N–H and O–H groups in total. The highest BCUT2D eigenvalue weighted by Crippen LogP contribution is 2.25. The minimum Gasteiger partial charge on any atom is -0.378 e. The van der Waals surface area contributed by atoms with Crippen molar-refractivity contribution in [3.63, 3.8) is 0 Å². The third kappa shape index (κ3) is 4.02. The van der Waals surface area contributed by atoms with Gasteiger partial charge in [0.15, 0.2) is 5.65 Å². The average Bonchev–Trinajstić information content (AvgIpc) is 3.15. The Morgan fingerprint density at radius 1 is 1.19 bits per heavy atom. The fourth-order valence-electron chi connectivity index (χ4n) is 3.84. The number of alkyl halides is 2. The molecule has 3 aromatic rings. The van der Waals surface area contributed by atoms with Crippen LogP contribution in [-0.2, 0) is 14.8 Å². The van der Waals surface area contributed by atoms with Gasteiger partial charge >= 0.3 is 0 Å². The van der Waals surface area contributed by atoms with Crippen LogP contribution in [0.1, 0.15) is 25.0 Å². The summed E-state index contributed by atoms with van der Waals surface area (Å²) in [6, 6.07) is 4.22. The molecule has 0 saturated carbocycles. The van der Waals surface area contributed by atoms with Gasteiger partial charge in [0, 0.05) is 25.2 Å². The van der Waals surface area contributed by atoms with Crippen molar-refractivity contribution in [3.05, 3.63) is 36.4 Å². The second-order valence-electron chi connectivity index (χ2n) is 7.84. The summed E-state index contributed by atoms with van der Waals surface area (Å²) in [6.45, 7) is 1.62. The minimum absolute atomic E-state index is 0.224. The molecule has 2 saturated heterocycles. The van der Waals surface area contributed by atoms with Crippen LogP contribution in [0.2, 0.25) is 0 Å². The van der Waals surface area contributed by atoms with E-state index in [9.17, 15) is 17.2 Å². The predicted octanol–water partition coefficient (Wildman–Crippen LogP) is 1.41. The number of hydrogen-bond donors (Lipinski definition) is 1. The van der Waals surface area contributed by atoms with Crippen LogP contribution >= 0.6 is 0 Å². The monoisotopic (exact) mass is 465 g/mol. The standard InChI is InChI=1S/C19H21F2N7O3S/c20-19(21)14-3-4-17-22-7-16(28(17)25-14)15-6-18(24-11-23-15)27-5-1-2-12(8-27)26-32(29,30)13-9-31-10-13/h3-4,6-7,11-13,19,26H,1-2,5,8-10H2.